The lowest BCUT2D eigenvalue weighted by Gasteiger charge is -2.32. The molecule has 0 aliphatic rings. The van der Waals surface area contributed by atoms with Gasteiger partial charge in [0.05, 0.1) is 7.11 Å². The molecule has 1 rings (SSSR count). The van der Waals surface area contributed by atoms with Gasteiger partial charge in [0.15, 0.2) is 0 Å². The molecule has 0 fully saturated rings. The summed E-state index contributed by atoms with van der Waals surface area (Å²) in [5.41, 5.74) is 1.50. The fourth-order valence-corrected chi connectivity index (χ4v) is 2.26. The Balaban J connectivity index is 2.71. The second-order valence-electron chi connectivity index (χ2n) is 4.51. The van der Waals surface area contributed by atoms with Crippen molar-refractivity contribution in [3.05, 3.63) is 29.8 Å². The standard InChI is InChI=1S/C15H25NO/c1-5-15(6-2,7-3)16-12-13-10-8-9-11-14(13)17-4/h8-11,16H,5-7,12H2,1-4H3. The number of para-hydroxylation sites is 1. The van der Waals surface area contributed by atoms with E-state index in [-0.39, 0.29) is 5.54 Å². The highest BCUT2D eigenvalue weighted by Gasteiger charge is 2.22. The largest absolute Gasteiger partial charge is 0.496 e. The van der Waals surface area contributed by atoms with Gasteiger partial charge in [-0.1, -0.05) is 39.0 Å². The highest BCUT2D eigenvalue weighted by Crippen LogP contribution is 2.22. The molecule has 1 aromatic carbocycles. The van der Waals surface area contributed by atoms with Gasteiger partial charge in [-0.25, -0.2) is 0 Å². The van der Waals surface area contributed by atoms with Crippen molar-refractivity contribution in [2.45, 2.75) is 52.1 Å². The third-order valence-electron chi connectivity index (χ3n) is 3.88. The van der Waals surface area contributed by atoms with E-state index >= 15 is 0 Å². The Morgan fingerprint density at radius 2 is 1.65 bits per heavy atom. The van der Waals surface area contributed by atoms with Crippen LogP contribution in [0.1, 0.15) is 45.6 Å². The predicted molar refractivity (Wildman–Crippen MR) is 73.4 cm³/mol. The molecule has 1 N–H and O–H groups in total. The van der Waals surface area contributed by atoms with Gasteiger partial charge < -0.3 is 10.1 Å². The summed E-state index contributed by atoms with van der Waals surface area (Å²) in [4.78, 5) is 0. The Bertz CT molecular complexity index is 323. The van der Waals surface area contributed by atoms with Gasteiger partial charge in [-0.05, 0) is 25.3 Å². The Hall–Kier alpha value is -1.02. The molecule has 0 amide bonds. The zero-order valence-electron chi connectivity index (χ0n) is 11.5. The van der Waals surface area contributed by atoms with Crippen LogP contribution in [0.4, 0.5) is 0 Å². The van der Waals surface area contributed by atoms with Gasteiger partial charge in [0.25, 0.3) is 0 Å². The average Bonchev–Trinajstić information content (AvgIpc) is 2.41. The molecule has 0 spiro atoms. The van der Waals surface area contributed by atoms with Crippen LogP contribution in [-0.2, 0) is 6.54 Å². The maximum absolute atomic E-state index is 5.37. The highest BCUT2D eigenvalue weighted by molar-refractivity contribution is 5.33. The number of methoxy groups -OCH3 is 1. The van der Waals surface area contributed by atoms with Crippen LogP contribution >= 0.6 is 0 Å². The quantitative estimate of drug-likeness (QED) is 0.777. The van der Waals surface area contributed by atoms with E-state index in [2.05, 4.69) is 38.2 Å². The van der Waals surface area contributed by atoms with Gasteiger partial charge in [-0.3, -0.25) is 0 Å². The lowest BCUT2D eigenvalue weighted by molar-refractivity contribution is 0.285. The third kappa shape index (κ3) is 3.47. The Kier molecular flexibility index (Phi) is 5.49. The van der Waals surface area contributed by atoms with Crippen LogP contribution in [-0.4, -0.2) is 12.6 Å². The van der Waals surface area contributed by atoms with Crippen molar-refractivity contribution in [2.75, 3.05) is 7.11 Å². The number of hydrogen-bond acceptors (Lipinski definition) is 2. The van der Waals surface area contributed by atoms with Crippen LogP contribution in [0, 0.1) is 0 Å². The van der Waals surface area contributed by atoms with Crippen molar-refractivity contribution in [2.24, 2.45) is 0 Å². The second-order valence-corrected chi connectivity index (χ2v) is 4.51. The lowest BCUT2D eigenvalue weighted by atomic mass is 9.89. The van der Waals surface area contributed by atoms with Gasteiger partial charge >= 0.3 is 0 Å². The van der Waals surface area contributed by atoms with E-state index in [4.69, 9.17) is 4.74 Å². The molecule has 17 heavy (non-hydrogen) atoms. The molecular weight excluding hydrogens is 210 g/mol. The molecule has 1 aromatic rings. The minimum Gasteiger partial charge on any atom is -0.496 e. The molecule has 0 radical (unpaired) electrons. The Labute approximate surface area is 105 Å². The number of hydrogen-bond donors (Lipinski definition) is 1. The Morgan fingerprint density at radius 1 is 1.06 bits per heavy atom. The first-order valence-corrected chi connectivity index (χ1v) is 6.58. The smallest absolute Gasteiger partial charge is 0.123 e. The van der Waals surface area contributed by atoms with Crippen LogP contribution in [0.25, 0.3) is 0 Å². The van der Waals surface area contributed by atoms with Crippen molar-refractivity contribution in [3.63, 3.8) is 0 Å². The topological polar surface area (TPSA) is 21.3 Å². The van der Waals surface area contributed by atoms with Crippen molar-refractivity contribution in [3.8, 4) is 5.75 Å². The fraction of sp³-hybridized carbons (Fsp3) is 0.600. The van der Waals surface area contributed by atoms with Gasteiger partial charge in [-0.15, -0.1) is 0 Å². The molecule has 0 bridgehead atoms. The number of ether oxygens (including phenoxy) is 1. The van der Waals surface area contributed by atoms with Gasteiger partial charge in [-0.2, -0.15) is 0 Å². The molecule has 2 nitrogen and oxygen atoms in total. The first-order valence-electron chi connectivity index (χ1n) is 6.58. The number of benzene rings is 1. The molecule has 0 aliphatic heterocycles. The van der Waals surface area contributed by atoms with E-state index in [1.807, 2.05) is 12.1 Å². The van der Waals surface area contributed by atoms with Gasteiger partial charge in [0.1, 0.15) is 5.75 Å². The minimum atomic E-state index is 0.265. The van der Waals surface area contributed by atoms with Crippen molar-refractivity contribution in [1.29, 1.82) is 0 Å². The Morgan fingerprint density at radius 3 is 2.18 bits per heavy atom. The predicted octanol–water partition coefficient (Wildman–Crippen LogP) is 3.75. The summed E-state index contributed by atoms with van der Waals surface area (Å²) in [6, 6.07) is 8.21. The van der Waals surface area contributed by atoms with Crippen LogP contribution in [0.5, 0.6) is 5.75 Å². The molecule has 0 aromatic heterocycles. The van der Waals surface area contributed by atoms with Crippen molar-refractivity contribution < 1.29 is 4.74 Å². The van der Waals surface area contributed by atoms with Gasteiger partial charge in [0, 0.05) is 17.6 Å². The molecule has 0 heterocycles. The van der Waals surface area contributed by atoms with Crippen LogP contribution in [0.2, 0.25) is 0 Å². The van der Waals surface area contributed by atoms with Crippen LogP contribution in [0.15, 0.2) is 24.3 Å². The molecule has 96 valence electrons. The maximum atomic E-state index is 5.37. The lowest BCUT2D eigenvalue weighted by Crippen LogP contribution is -2.43. The monoisotopic (exact) mass is 235 g/mol. The normalized spacial score (nSPS) is 11.5. The van der Waals surface area contributed by atoms with E-state index < -0.39 is 0 Å². The minimum absolute atomic E-state index is 0.265. The average molecular weight is 235 g/mol. The summed E-state index contributed by atoms with van der Waals surface area (Å²) in [5.74, 6) is 0.970. The number of rotatable bonds is 7. The molecule has 2 heteroatoms. The fourth-order valence-electron chi connectivity index (χ4n) is 2.26. The number of nitrogens with one attached hydrogen (secondary N) is 1. The third-order valence-corrected chi connectivity index (χ3v) is 3.88. The SMILES string of the molecule is CCC(CC)(CC)NCc1ccccc1OC. The second kappa shape index (κ2) is 6.65. The zero-order chi connectivity index (χ0) is 12.7. The van der Waals surface area contributed by atoms with Crippen LogP contribution in [0.3, 0.4) is 0 Å². The van der Waals surface area contributed by atoms with E-state index in [0.29, 0.717) is 0 Å². The van der Waals surface area contributed by atoms with E-state index in [9.17, 15) is 0 Å². The van der Waals surface area contributed by atoms with Gasteiger partial charge in [0.2, 0.25) is 0 Å². The van der Waals surface area contributed by atoms with E-state index in [1.54, 1.807) is 7.11 Å². The van der Waals surface area contributed by atoms with E-state index in [0.717, 1.165) is 31.6 Å². The summed E-state index contributed by atoms with van der Waals surface area (Å²) in [7, 11) is 1.73. The summed E-state index contributed by atoms with van der Waals surface area (Å²) in [6.07, 6.45) is 3.49. The molecular formula is C15H25NO. The van der Waals surface area contributed by atoms with Crippen molar-refractivity contribution in [1.82, 2.24) is 5.32 Å². The first-order chi connectivity index (χ1) is 8.21. The highest BCUT2D eigenvalue weighted by atomic mass is 16.5. The molecule has 0 saturated carbocycles. The molecule has 0 unspecified atom stereocenters. The summed E-state index contributed by atoms with van der Waals surface area (Å²) >= 11 is 0. The summed E-state index contributed by atoms with van der Waals surface area (Å²) in [6.45, 7) is 7.63. The molecule has 0 aliphatic carbocycles. The summed E-state index contributed by atoms with van der Waals surface area (Å²) < 4.78 is 5.37. The zero-order valence-corrected chi connectivity index (χ0v) is 11.5. The van der Waals surface area contributed by atoms with Crippen LogP contribution < -0.4 is 10.1 Å². The molecule has 0 saturated heterocycles. The maximum Gasteiger partial charge on any atom is 0.123 e. The van der Waals surface area contributed by atoms with E-state index in [1.165, 1.54) is 5.56 Å². The summed E-state index contributed by atoms with van der Waals surface area (Å²) in [5, 5.41) is 3.69. The molecule has 0 atom stereocenters. The first kappa shape index (κ1) is 14.0. The van der Waals surface area contributed by atoms with Crippen molar-refractivity contribution >= 4 is 0 Å².